The Morgan fingerprint density at radius 2 is 0.471 bits per heavy atom. The average Bonchev–Trinajstić information content (AvgIpc) is 0.933. The van der Waals surface area contributed by atoms with Crippen molar-refractivity contribution in [3.8, 4) is 0 Å². The molecule has 1 N–H and O–H groups in total. The van der Waals surface area contributed by atoms with Crippen molar-refractivity contribution in [2.45, 2.75) is 466 Å². The van der Waals surface area contributed by atoms with Crippen molar-refractivity contribution in [3.05, 3.63) is 0 Å². The molecule has 0 aromatic carbocycles. The van der Waals surface area contributed by atoms with E-state index >= 15 is 14.4 Å². The number of rotatable bonds is 30. The van der Waals surface area contributed by atoms with Crippen LogP contribution in [0.5, 0.6) is 0 Å². The SMILES string of the molecule is CCCCCCCCCCCCCCCCCC(=O)O.O=C(CC(CC(=O)[N+](C1CCCCC1)(C1CCCCC1)C1CCCCC1)C(=O)[N+](C1CCCCC1)(C1CCCCC1)C1CCCCC1)[N+](C1CCCCC1)(C1CCCCC1)C1CCCCC1.[KH]. The molecule has 9 saturated carbocycles. The number of hydrogen-bond acceptors (Lipinski definition) is 4. The van der Waals surface area contributed by atoms with Gasteiger partial charge in [0.25, 0.3) is 0 Å². The molecule has 0 bridgehead atoms. The first-order valence-electron chi connectivity index (χ1n) is 39.8. The number of hydrogen-bond donors (Lipinski definition) is 1. The Bertz CT molecular complexity index is 1680. The van der Waals surface area contributed by atoms with Crippen LogP contribution in [-0.2, 0) is 19.2 Å². The summed E-state index contributed by atoms with van der Waals surface area (Å²) in [6, 6.07) is 3.52. The van der Waals surface area contributed by atoms with Crippen LogP contribution in [0, 0.1) is 5.92 Å². The zero-order valence-electron chi connectivity index (χ0n) is 56.7. The zero-order chi connectivity index (χ0) is 60.1. The van der Waals surface area contributed by atoms with Gasteiger partial charge in [-0.05, 0) is 238 Å². The molecule has 9 aliphatic carbocycles. The van der Waals surface area contributed by atoms with Crippen LogP contribution in [0.2, 0.25) is 0 Å². The van der Waals surface area contributed by atoms with Gasteiger partial charge in [-0.2, -0.15) is 0 Å². The van der Waals surface area contributed by atoms with Crippen LogP contribution in [0.25, 0.3) is 0 Å². The number of aliphatic carboxylic acids is 1. The summed E-state index contributed by atoms with van der Waals surface area (Å²) >= 11 is 0. The van der Waals surface area contributed by atoms with Crippen LogP contribution >= 0.6 is 0 Å². The minimum atomic E-state index is -0.653. The van der Waals surface area contributed by atoms with Crippen molar-refractivity contribution >= 4 is 75.1 Å². The summed E-state index contributed by atoms with van der Waals surface area (Å²) in [7, 11) is 0. The molecule has 87 heavy (non-hydrogen) atoms. The first kappa shape index (κ1) is 74.4. The Morgan fingerprint density at radius 1 is 0.287 bits per heavy atom. The molecule has 0 aromatic heterocycles. The van der Waals surface area contributed by atoms with Crippen molar-refractivity contribution in [1.82, 2.24) is 0 Å². The molecule has 9 fully saturated rings. The number of carboxylic acids is 1. The number of carbonyl (C=O) groups is 4. The van der Waals surface area contributed by atoms with Gasteiger partial charge in [-0.1, -0.05) is 155 Å². The van der Waals surface area contributed by atoms with Crippen molar-refractivity contribution in [2.24, 2.45) is 5.92 Å². The van der Waals surface area contributed by atoms with Gasteiger partial charge in [0.15, 0.2) is 0 Å². The number of nitrogens with zero attached hydrogens (tertiary/aromatic N) is 3. The monoisotopic (exact) mass is 1240 g/mol. The number of carbonyl (C=O) groups excluding carboxylic acids is 3. The first-order chi connectivity index (χ1) is 42.3. The maximum absolute atomic E-state index is 17.5. The molecular weight excluding hydrogens is 1100 g/mol. The topological polar surface area (TPSA) is 88.5 Å². The molecular formula is C78H141KN3O5+3. The molecule has 3 amide bonds. The van der Waals surface area contributed by atoms with Gasteiger partial charge in [0, 0.05) is 6.42 Å². The summed E-state index contributed by atoms with van der Waals surface area (Å²) in [5.74, 6) is 0.251. The van der Waals surface area contributed by atoms with E-state index in [0.717, 1.165) is 21.8 Å². The molecule has 0 unspecified atom stereocenters. The van der Waals surface area contributed by atoms with Crippen molar-refractivity contribution < 1.29 is 37.7 Å². The third kappa shape index (κ3) is 20.3. The molecule has 0 radical (unpaired) electrons. The summed E-state index contributed by atoms with van der Waals surface area (Å²) in [4.78, 5) is 61.8. The summed E-state index contributed by atoms with van der Waals surface area (Å²) in [5.41, 5.74) is 0. The van der Waals surface area contributed by atoms with Gasteiger partial charge >= 0.3 is 75.1 Å². The summed E-state index contributed by atoms with van der Waals surface area (Å²) in [6.45, 7) is 2.27. The molecule has 0 spiro atoms. The average molecular weight is 1240 g/mol. The molecule has 9 heteroatoms. The van der Waals surface area contributed by atoms with Gasteiger partial charge in [-0.15, -0.1) is 0 Å². The fourth-order valence-electron chi connectivity index (χ4n) is 22.0. The van der Waals surface area contributed by atoms with E-state index in [1.165, 1.54) is 372 Å². The third-order valence-corrected chi connectivity index (χ3v) is 26.0. The minimum absolute atomic E-state index is 0. The standard InChI is InChI=1S/C60H104N3O3.C18H36O2.K.H/c64-58(61(49-28-10-1-11-29-49,50-30-12-2-13-31-50)51-32-14-3-15-33-51)46-48(60(66)63(55-40-22-7-23-41-55,56-42-24-8-25-43-56)57-44-26-9-27-45-57)47-59(65)62(52-34-16-4-17-35-52,53-36-18-5-19-37-53)54-38-20-6-21-39-54;1-2-3-4-5-6-7-8-9-10-11-12-13-14-15-16-17-18(19)20;;/h48-57H,1-47H2;2-17H2,1H3,(H,19,20);;/q+3;;;. The normalized spacial score (nSPS) is 23.4. The summed E-state index contributed by atoms with van der Waals surface area (Å²) in [5, 5.41) is 8.52. The van der Waals surface area contributed by atoms with Gasteiger partial charge in [-0.25, -0.2) is 14.4 Å². The number of unbranched alkanes of at least 4 members (excludes halogenated alkanes) is 14. The van der Waals surface area contributed by atoms with E-state index < -0.39 is 11.9 Å². The molecule has 8 nitrogen and oxygen atoms in total. The van der Waals surface area contributed by atoms with Crippen LogP contribution in [0.4, 0.5) is 0 Å². The third-order valence-electron chi connectivity index (χ3n) is 26.0. The number of quaternary nitrogens is 3. The molecule has 9 aliphatic rings. The Morgan fingerprint density at radius 3 is 0.667 bits per heavy atom. The molecule has 496 valence electrons. The van der Waals surface area contributed by atoms with Gasteiger partial charge in [0.2, 0.25) is 0 Å². The van der Waals surface area contributed by atoms with Gasteiger partial charge < -0.3 is 5.11 Å². The van der Waals surface area contributed by atoms with Gasteiger partial charge in [0.05, 0.1) is 73.1 Å². The maximum atomic E-state index is 17.5. The summed E-state index contributed by atoms with van der Waals surface area (Å²) in [6.07, 6.45) is 76.5. The predicted molar refractivity (Wildman–Crippen MR) is 365 cm³/mol. The van der Waals surface area contributed by atoms with E-state index in [1.54, 1.807) is 0 Å². The van der Waals surface area contributed by atoms with Crippen molar-refractivity contribution in [2.75, 3.05) is 0 Å². The van der Waals surface area contributed by atoms with Crippen LogP contribution < -0.4 is 0 Å². The van der Waals surface area contributed by atoms with Gasteiger partial charge in [-0.3, -0.25) is 18.2 Å². The fraction of sp³-hybridized carbons (Fsp3) is 0.949. The van der Waals surface area contributed by atoms with Gasteiger partial charge in [0.1, 0.15) is 0 Å². The fourth-order valence-corrected chi connectivity index (χ4v) is 22.0. The molecule has 0 saturated heterocycles. The van der Waals surface area contributed by atoms with E-state index in [2.05, 4.69) is 6.92 Å². The van der Waals surface area contributed by atoms with E-state index in [0.29, 0.717) is 95.8 Å². The Balaban J connectivity index is 0.000000443. The molecule has 0 aromatic rings. The van der Waals surface area contributed by atoms with E-state index in [4.69, 9.17) is 5.11 Å². The van der Waals surface area contributed by atoms with Crippen LogP contribution in [0.3, 0.4) is 0 Å². The Hall–Kier alpha value is -0.00364. The molecule has 9 rings (SSSR count). The second-order valence-corrected chi connectivity index (χ2v) is 31.5. The molecule has 0 aliphatic heterocycles. The van der Waals surface area contributed by atoms with Crippen molar-refractivity contribution in [1.29, 1.82) is 0 Å². The van der Waals surface area contributed by atoms with Crippen molar-refractivity contribution in [3.63, 3.8) is 0 Å². The van der Waals surface area contributed by atoms with Crippen LogP contribution in [0.15, 0.2) is 0 Å². The second kappa shape index (κ2) is 41.1. The number of carboxylic acid groups (broad SMARTS) is 1. The van der Waals surface area contributed by atoms with Crippen LogP contribution in [0.1, 0.15) is 411 Å². The van der Waals surface area contributed by atoms with Crippen LogP contribution in [-0.4, -0.2) is 148 Å². The number of amides is 3. The Labute approximate surface area is 579 Å². The van der Waals surface area contributed by atoms with E-state index in [1.807, 2.05) is 0 Å². The summed E-state index contributed by atoms with van der Waals surface area (Å²) < 4.78 is 2.14. The molecule has 0 heterocycles. The predicted octanol–water partition coefficient (Wildman–Crippen LogP) is 21.1. The van der Waals surface area contributed by atoms with E-state index in [9.17, 15) is 4.79 Å². The Kier molecular flexibility index (Phi) is 35.1. The quantitative estimate of drug-likeness (QED) is 0.0440. The second-order valence-electron chi connectivity index (χ2n) is 31.5. The zero-order valence-corrected chi connectivity index (χ0v) is 56.7. The molecule has 0 atom stereocenters. The van der Waals surface area contributed by atoms with E-state index in [-0.39, 0.29) is 51.4 Å². The first-order valence-corrected chi connectivity index (χ1v) is 39.8.